The molecule has 0 aromatic carbocycles. The third kappa shape index (κ3) is 9.27. The van der Waals surface area contributed by atoms with E-state index in [-0.39, 0.29) is 6.61 Å². The molecular weight excluding hydrogens is 314 g/mol. The van der Waals surface area contributed by atoms with Crippen LogP contribution in [0.1, 0.15) is 30.5 Å². The van der Waals surface area contributed by atoms with Crippen molar-refractivity contribution in [1.82, 2.24) is 4.98 Å². The Balaban J connectivity index is 1.96. The van der Waals surface area contributed by atoms with E-state index in [1.54, 1.807) is 25.1 Å². The maximum atomic E-state index is 9.21. The second kappa shape index (κ2) is 13.7. The molecule has 0 saturated carbocycles. The second-order valence-electron chi connectivity index (χ2n) is 5.17. The average Bonchev–Trinajstić information content (AvgIpc) is 2.57. The van der Waals surface area contributed by atoms with Gasteiger partial charge in [0.15, 0.2) is 0 Å². The molecule has 0 aliphatic carbocycles. The van der Waals surface area contributed by atoms with Crippen molar-refractivity contribution >= 4 is 11.8 Å². The summed E-state index contributed by atoms with van der Waals surface area (Å²) in [7, 11) is 1.70. The van der Waals surface area contributed by atoms with Crippen molar-refractivity contribution in [2.24, 2.45) is 0 Å². The van der Waals surface area contributed by atoms with E-state index in [0.717, 1.165) is 69.3 Å². The van der Waals surface area contributed by atoms with Gasteiger partial charge >= 0.3 is 0 Å². The number of hydrogen-bond donors (Lipinski definition) is 1. The predicted molar refractivity (Wildman–Crippen MR) is 93.0 cm³/mol. The molecule has 0 spiro atoms. The van der Waals surface area contributed by atoms with E-state index in [4.69, 9.17) is 14.2 Å². The molecule has 0 radical (unpaired) electrons. The van der Waals surface area contributed by atoms with E-state index < -0.39 is 0 Å². The number of thioether (sulfide) groups is 1. The molecule has 0 saturated heterocycles. The van der Waals surface area contributed by atoms with Gasteiger partial charge in [-0.25, -0.2) is 0 Å². The van der Waals surface area contributed by atoms with Gasteiger partial charge in [0.2, 0.25) is 0 Å². The Hall–Kier alpha value is -0.660. The summed E-state index contributed by atoms with van der Waals surface area (Å²) in [5.74, 6) is 1.00. The first kappa shape index (κ1) is 20.4. The van der Waals surface area contributed by atoms with Crippen LogP contribution in [0.25, 0.3) is 0 Å². The molecule has 1 N–H and O–H groups in total. The molecule has 0 aliphatic heterocycles. The van der Waals surface area contributed by atoms with Crippen LogP contribution in [0.5, 0.6) is 0 Å². The van der Waals surface area contributed by atoms with Crippen LogP contribution in [0.15, 0.2) is 17.2 Å². The molecule has 5 nitrogen and oxygen atoms in total. The van der Waals surface area contributed by atoms with Crippen molar-refractivity contribution in [3.05, 3.63) is 23.5 Å². The van der Waals surface area contributed by atoms with Gasteiger partial charge in [-0.2, -0.15) is 0 Å². The molecule has 1 aromatic heterocycles. The van der Waals surface area contributed by atoms with E-state index >= 15 is 0 Å². The number of nitrogens with zero attached hydrogens (tertiary/aromatic N) is 1. The van der Waals surface area contributed by atoms with Gasteiger partial charge in [-0.1, -0.05) is 0 Å². The van der Waals surface area contributed by atoms with E-state index in [2.05, 4.69) is 4.98 Å². The lowest BCUT2D eigenvalue weighted by molar-refractivity contribution is 0.0720. The van der Waals surface area contributed by atoms with Crippen LogP contribution in [0.3, 0.4) is 0 Å². The first-order valence-electron chi connectivity index (χ1n) is 8.12. The Morgan fingerprint density at radius 1 is 1.04 bits per heavy atom. The SMILES string of the molecule is COCCCOCCCOCCCSc1ccnc(CO)c1C. The molecule has 132 valence electrons. The number of methoxy groups -OCH3 is 1. The molecular formula is C17H29NO4S. The summed E-state index contributed by atoms with van der Waals surface area (Å²) in [6, 6.07) is 2.00. The van der Waals surface area contributed by atoms with Crippen molar-refractivity contribution in [1.29, 1.82) is 0 Å². The van der Waals surface area contributed by atoms with E-state index in [1.807, 2.05) is 13.0 Å². The summed E-state index contributed by atoms with van der Waals surface area (Å²) in [6.45, 7) is 5.78. The van der Waals surface area contributed by atoms with Crippen LogP contribution in [-0.2, 0) is 20.8 Å². The molecule has 0 bridgehead atoms. The van der Waals surface area contributed by atoms with Gasteiger partial charge in [0, 0.05) is 57.0 Å². The minimum absolute atomic E-state index is 0.00309. The normalized spacial score (nSPS) is 11.1. The maximum absolute atomic E-state index is 9.21. The second-order valence-corrected chi connectivity index (χ2v) is 6.30. The summed E-state index contributed by atoms with van der Waals surface area (Å²) < 4.78 is 16.0. The number of hydrogen-bond acceptors (Lipinski definition) is 6. The first-order chi connectivity index (χ1) is 11.3. The highest BCUT2D eigenvalue weighted by atomic mass is 32.2. The highest BCUT2D eigenvalue weighted by Crippen LogP contribution is 2.24. The number of aliphatic hydroxyl groups is 1. The van der Waals surface area contributed by atoms with Gasteiger partial charge in [0.25, 0.3) is 0 Å². The lowest BCUT2D eigenvalue weighted by Gasteiger charge is -2.09. The fourth-order valence-electron chi connectivity index (χ4n) is 1.99. The Kier molecular flexibility index (Phi) is 12.2. The Morgan fingerprint density at radius 3 is 2.35 bits per heavy atom. The fraction of sp³-hybridized carbons (Fsp3) is 0.706. The monoisotopic (exact) mass is 343 g/mol. The Morgan fingerprint density at radius 2 is 1.70 bits per heavy atom. The van der Waals surface area contributed by atoms with Crippen molar-refractivity contribution in [2.75, 3.05) is 45.9 Å². The first-order valence-corrected chi connectivity index (χ1v) is 9.10. The summed E-state index contributed by atoms with van der Waals surface area (Å²) in [5, 5.41) is 9.21. The lowest BCUT2D eigenvalue weighted by Crippen LogP contribution is -2.05. The molecule has 1 heterocycles. The number of aliphatic hydroxyl groups excluding tert-OH is 1. The van der Waals surface area contributed by atoms with Crippen molar-refractivity contribution < 1.29 is 19.3 Å². The summed E-state index contributed by atoms with van der Waals surface area (Å²) >= 11 is 1.79. The molecule has 0 aliphatic rings. The quantitative estimate of drug-likeness (QED) is 0.414. The summed E-state index contributed by atoms with van der Waals surface area (Å²) in [5.41, 5.74) is 1.84. The predicted octanol–water partition coefficient (Wildman–Crippen LogP) is 2.82. The fourth-order valence-corrected chi connectivity index (χ4v) is 2.96. The van der Waals surface area contributed by atoms with Gasteiger partial charge in [0.05, 0.1) is 12.3 Å². The van der Waals surface area contributed by atoms with E-state index in [1.165, 1.54) is 4.90 Å². The highest BCUT2D eigenvalue weighted by Gasteiger charge is 2.04. The third-order valence-electron chi connectivity index (χ3n) is 3.31. The third-order valence-corrected chi connectivity index (χ3v) is 4.56. The average molecular weight is 343 g/mol. The van der Waals surface area contributed by atoms with Gasteiger partial charge in [-0.15, -0.1) is 11.8 Å². The number of pyridine rings is 1. The zero-order valence-corrected chi connectivity index (χ0v) is 15.1. The van der Waals surface area contributed by atoms with Crippen molar-refractivity contribution in [3.63, 3.8) is 0 Å². The van der Waals surface area contributed by atoms with Crippen molar-refractivity contribution in [2.45, 2.75) is 37.7 Å². The van der Waals surface area contributed by atoms with Crippen LogP contribution in [0.4, 0.5) is 0 Å². The molecule has 0 amide bonds. The van der Waals surface area contributed by atoms with Gasteiger partial charge in [-0.3, -0.25) is 4.98 Å². The molecule has 0 atom stereocenters. The minimum Gasteiger partial charge on any atom is -0.390 e. The molecule has 0 fully saturated rings. The van der Waals surface area contributed by atoms with Gasteiger partial charge in [0.1, 0.15) is 0 Å². The molecule has 0 unspecified atom stereocenters. The Bertz CT molecular complexity index is 418. The van der Waals surface area contributed by atoms with Crippen LogP contribution in [-0.4, -0.2) is 56.0 Å². The van der Waals surface area contributed by atoms with E-state index in [9.17, 15) is 5.11 Å². The molecule has 1 rings (SSSR count). The summed E-state index contributed by atoms with van der Waals surface area (Å²) in [6.07, 6.45) is 4.64. The van der Waals surface area contributed by atoms with Crippen LogP contribution < -0.4 is 0 Å². The number of rotatable bonds is 14. The standard InChI is InChI=1S/C17H29NO4S/c1-15-16(14-19)18-7-6-17(15)23-13-5-12-22-11-4-10-21-9-3-8-20-2/h6-7,19H,3-5,8-14H2,1-2H3. The lowest BCUT2D eigenvalue weighted by atomic mass is 10.2. The number of ether oxygens (including phenoxy) is 3. The van der Waals surface area contributed by atoms with Crippen molar-refractivity contribution in [3.8, 4) is 0 Å². The van der Waals surface area contributed by atoms with Gasteiger partial charge in [-0.05, 0) is 37.8 Å². The van der Waals surface area contributed by atoms with Crippen LogP contribution >= 0.6 is 11.8 Å². The molecule has 6 heteroatoms. The minimum atomic E-state index is -0.00309. The summed E-state index contributed by atoms with van der Waals surface area (Å²) in [4.78, 5) is 5.35. The Labute approximate surface area is 143 Å². The maximum Gasteiger partial charge on any atom is 0.0856 e. The zero-order chi connectivity index (χ0) is 16.8. The highest BCUT2D eigenvalue weighted by molar-refractivity contribution is 7.99. The van der Waals surface area contributed by atoms with Gasteiger partial charge < -0.3 is 19.3 Å². The topological polar surface area (TPSA) is 60.8 Å². The van der Waals surface area contributed by atoms with Crippen LogP contribution in [0, 0.1) is 6.92 Å². The van der Waals surface area contributed by atoms with Crippen LogP contribution in [0.2, 0.25) is 0 Å². The number of aromatic nitrogens is 1. The zero-order valence-electron chi connectivity index (χ0n) is 14.3. The smallest absolute Gasteiger partial charge is 0.0856 e. The molecule has 23 heavy (non-hydrogen) atoms. The largest absolute Gasteiger partial charge is 0.390 e. The van der Waals surface area contributed by atoms with E-state index in [0.29, 0.717) is 0 Å². The molecule has 1 aromatic rings.